The lowest BCUT2D eigenvalue weighted by Crippen LogP contribution is -2.29. The second kappa shape index (κ2) is 11.4. The van der Waals surface area contributed by atoms with E-state index in [0.29, 0.717) is 12.2 Å². The van der Waals surface area contributed by atoms with Gasteiger partial charge in [0.25, 0.3) is 5.91 Å². The van der Waals surface area contributed by atoms with Crippen molar-refractivity contribution in [3.05, 3.63) is 107 Å². The van der Waals surface area contributed by atoms with E-state index < -0.39 is 6.04 Å². The van der Waals surface area contributed by atoms with Gasteiger partial charge in [0.2, 0.25) is 0 Å². The second-order valence-electron chi connectivity index (χ2n) is 8.07. The number of hydrogen-bond acceptors (Lipinski definition) is 6. The van der Waals surface area contributed by atoms with Crippen LogP contribution in [0, 0.1) is 0 Å². The summed E-state index contributed by atoms with van der Waals surface area (Å²) in [5.41, 5.74) is 2.71. The molecule has 186 valence electrons. The number of nitrogens with one attached hydrogen (secondary N) is 1. The Morgan fingerprint density at radius 1 is 0.722 bits per heavy atom. The molecule has 4 rings (SSSR count). The fourth-order valence-electron chi connectivity index (χ4n) is 3.96. The number of methoxy groups -OCH3 is 4. The minimum absolute atomic E-state index is 0.221. The molecule has 0 atom stereocenters. The van der Waals surface area contributed by atoms with Crippen LogP contribution in [0.5, 0.6) is 23.0 Å². The zero-order chi connectivity index (χ0) is 25.5. The molecule has 3 aromatic carbocycles. The number of carbonyl (C=O) groups excluding carboxylic acids is 1. The molecule has 0 spiro atoms. The van der Waals surface area contributed by atoms with Gasteiger partial charge in [-0.3, -0.25) is 4.79 Å². The number of benzene rings is 3. The smallest absolute Gasteiger partial charge is 0.287 e. The lowest BCUT2D eigenvalue weighted by Gasteiger charge is -2.20. The Hall–Kier alpha value is -4.39. The molecule has 1 N–H and O–H groups in total. The number of amides is 1. The van der Waals surface area contributed by atoms with Crippen molar-refractivity contribution in [3.63, 3.8) is 0 Å². The Morgan fingerprint density at radius 3 is 1.81 bits per heavy atom. The minimum atomic E-state index is -0.402. The van der Waals surface area contributed by atoms with Crippen LogP contribution in [0.15, 0.2) is 83.3 Å². The predicted molar refractivity (Wildman–Crippen MR) is 136 cm³/mol. The lowest BCUT2D eigenvalue weighted by molar-refractivity contribution is 0.0913. The van der Waals surface area contributed by atoms with Crippen LogP contribution in [-0.4, -0.2) is 34.3 Å². The van der Waals surface area contributed by atoms with Gasteiger partial charge in [-0.15, -0.1) is 0 Å². The second-order valence-corrected chi connectivity index (χ2v) is 8.07. The molecule has 4 aromatic rings. The highest BCUT2D eigenvalue weighted by atomic mass is 16.5. The van der Waals surface area contributed by atoms with Crippen molar-refractivity contribution in [1.29, 1.82) is 0 Å². The van der Waals surface area contributed by atoms with Crippen LogP contribution < -0.4 is 24.3 Å². The zero-order valence-corrected chi connectivity index (χ0v) is 20.7. The summed E-state index contributed by atoms with van der Waals surface area (Å²) < 4.78 is 27.3. The van der Waals surface area contributed by atoms with Crippen molar-refractivity contribution < 1.29 is 28.2 Å². The molecule has 0 fully saturated rings. The topological polar surface area (TPSA) is 79.2 Å². The normalized spacial score (nSPS) is 10.7. The van der Waals surface area contributed by atoms with Gasteiger partial charge in [-0.05, 0) is 65.7 Å². The molecule has 0 saturated heterocycles. The van der Waals surface area contributed by atoms with Crippen LogP contribution in [0.4, 0.5) is 0 Å². The van der Waals surface area contributed by atoms with E-state index >= 15 is 0 Å². The van der Waals surface area contributed by atoms with E-state index in [0.717, 1.165) is 39.7 Å². The first-order chi connectivity index (χ1) is 17.5. The van der Waals surface area contributed by atoms with Crippen molar-refractivity contribution in [2.45, 2.75) is 12.5 Å². The van der Waals surface area contributed by atoms with Crippen LogP contribution in [-0.2, 0) is 6.42 Å². The molecule has 1 aromatic heterocycles. The Kier molecular flexibility index (Phi) is 7.80. The molecule has 0 aliphatic heterocycles. The van der Waals surface area contributed by atoms with Gasteiger partial charge in [-0.1, -0.05) is 24.3 Å². The summed E-state index contributed by atoms with van der Waals surface area (Å²) in [4.78, 5) is 13.2. The molecule has 0 aliphatic carbocycles. The van der Waals surface area contributed by atoms with Crippen molar-refractivity contribution in [2.24, 2.45) is 0 Å². The fraction of sp³-hybridized carbons (Fsp3) is 0.207. The van der Waals surface area contributed by atoms with Crippen LogP contribution in [0.2, 0.25) is 0 Å². The van der Waals surface area contributed by atoms with Gasteiger partial charge < -0.3 is 28.7 Å². The van der Waals surface area contributed by atoms with Crippen LogP contribution >= 0.6 is 0 Å². The van der Waals surface area contributed by atoms with E-state index in [1.54, 1.807) is 40.6 Å². The average Bonchev–Trinajstić information content (AvgIpc) is 3.40. The van der Waals surface area contributed by atoms with Crippen molar-refractivity contribution >= 4 is 5.91 Å². The van der Waals surface area contributed by atoms with Crippen molar-refractivity contribution in [3.8, 4) is 23.0 Å². The summed E-state index contributed by atoms with van der Waals surface area (Å²) in [6.45, 7) is 0. The van der Waals surface area contributed by atoms with Gasteiger partial charge in [0.15, 0.2) is 5.76 Å². The molecular weight excluding hydrogens is 458 g/mol. The highest BCUT2D eigenvalue weighted by Crippen LogP contribution is 2.29. The van der Waals surface area contributed by atoms with E-state index in [9.17, 15) is 4.79 Å². The molecule has 0 radical (unpaired) electrons. The highest BCUT2D eigenvalue weighted by Gasteiger charge is 2.21. The molecule has 0 bridgehead atoms. The summed E-state index contributed by atoms with van der Waals surface area (Å²) in [5, 5.41) is 3.10. The molecule has 36 heavy (non-hydrogen) atoms. The number of hydrogen-bond donors (Lipinski definition) is 1. The monoisotopic (exact) mass is 487 g/mol. The van der Waals surface area contributed by atoms with Gasteiger partial charge in [0.1, 0.15) is 28.8 Å². The molecule has 0 unspecified atom stereocenters. The summed E-state index contributed by atoms with van der Waals surface area (Å²) >= 11 is 0. The number of furan rings is 1. The Morgan fingerprint density at radius 2 is 1.28 bits per heavy atom. The summed E-state index contributed by atoms with van der Waals surface area (Å²) in [6.07, 6.45) is 0.452. The summed E-state index contributed by atoms with van der Waals surface area (Å²) in [6, 6.07) is 23.8. The molecule has 7 nitrogen and oxygen atoms in total. The highest BCUT2D eigenvalue weighted by molar-refractivity contribution is 5.92. The molecular formula is C29H29NO6. The van der Waals surface area contributed by atoms with E-state index in [1.165, 1.54) is 0 Å². The number of ether oxygens (including phenoxy) is 4. The number of carbonyl (C=O) groups is 1. The first kappa shape index (κ1) is 24.7. The summed E-state index contributed by atoms with van der Waals surface area (Å²) in [5.74, 6) is 3.45. The third kappa shape index (κ3) is 5.63. The first-order valence-corrected chi connectivity index (χ1v) is 11.4. The van der Waals surface area contributed by atoms with Gasteiger partial charge in [-0.2, -0.15) is 0 Å². The maximum absolute atomic E-state index is 13.2. The van der Waals surface area contributed by atoms with E-state index in [2.05, 4.69) is 5.32 Å². The molecule has 1 amide bonds. The minimum Gasteiger partial charge on any atom is -0.497 e. The first-order valence-electron chi connectivity index (χ1n) is 11.4. The van der Waals surface area contributed by atoms with Gasteiger partial charge in [0, 0.05) is 12.0 Å². The average molecular weight is 488 g/mol. The maximum atomic E-state index is 13.2. The quantitative estimate of drug-likeness (QED) is 0.322. The lowest BCUT2D eigenvalue weighted by atomic mass is 9.98. The zero-order valence-electron chi connectivity index (χ0n) is 20.7. The van der Waals surface area contributed by atoms with Crippen LogP contribution in [0.1, 0.15) is 39.0 Å². The number of rotatable bonds is 10. The standard InChI is InChI=1S/C29H29NO6/c1-32-22-9-5-19(6-10-22)28(20-7-11-23(33-2)12-8-20)30-29(31)27-16-14-25(36-27)18-21-17-24(34-3)13-15-26(21)35-4/h5-17,28H,18H2,1-4H3,(H,30,31). The van der Waals surface area contributed by atoms with Crippen molar-refractivity contribution in [2.75, 3.05) is 28.4 Å². The third-order valence-electron chi connectivity index (χ3n) is 5.91. The molecule has 1 heterocycles. The third-order valence-corrected chi connectivity index (χ3v) is 5.91. The largest absolute Gasteiger partial charge is 0.497 e. The van der Waals surface area contributed by atoms with E-state index in [4.69, 9.17) is 23.4 Å². The van der Waals surface area contributed by atoms with Crippen LogP contribution in [0.25, 0.3) is 0 Å². The predicted octanol–water partition coefficient (Wildman–Crippen LogP) is 5.42. The van der Waals surface area contributed by atoms with E-state index in [-0.39, 0.29) is 11.7 Å². The molecule has 0 saturated carbocycles. The Bertz CT molecular complexity index is 1250. The van der Waals surface area contributed by atoms with Crippen molar-refractivity contribution in [1.82, 2.24) is 5.32 Å². The van der Waals surface area contributed by atoms with E-state index in [1.807, 2.05) is 66.7 Å². The molecule has 7 heteroatoms. The SMILES string of the molecule is COc1ccc(C(NC(=O)c2ccc(Cc3cc(OC)ccc3OC)o2)c2ccc(OC)cc2)cc1. The summed E-state index contributed by atoms with van der Waals surface area (Å²) in [7, 11) is 6.47. The van der Waals surface area contributed by atoms with Gasteiger partial charge >= 0.3 is 0 Å². The Labute approximate surface area is 210 Å². The van der Waals surface area contributed by atoms with Gasteiger partial charge in [0.05, 0.1) is 34.5 Å². The van der Waals surface area contributed by atoms with Gasteiger partial charge in [-0.25, -0.2) is 0 Å². The molecule has 0 aliphatic rings. The fourth-order valence-corrected chi connectivity index (χ4v) is 3.96. The van der Waals surface area contributed by atoms with Crippen LogP contribution in [0.3, 0.4) is 0 Å². The Balaban J connectivity index is 1.57. The maximum Gasteiger partial charge on any atom is 0.287 e.